The largest absolute Gasteiger partial charge is 0.493 e. The number of methoxy groups -OCH3 is 2. The summed E-state index contributed by atoms with van der Waals surface area (Å²) in [6.45, 7) is 0. The Morgan fingerprint density at radius 3 is 2.79 bits per heavy atom. The molecule has 4 aromatic rings. The maximum absolute atomic E-state index is 12.4. The lowest BCUT2D eigenvalue weighted by atomic mass is 10.2. The summed E-state index contributed by atoms with van der Waals surface area (Å²) < 4.78 is 12.3. The molecule has 0 saturated carbocycles. The van der Waals surface area contributed by atoms with Gasteiger partial charge in [0, 0.05) is 11.8 Å². The maximum Gasteiger partial charge on any atom is 0.234 e. The zero-order chi connectivity index (χ0) is 19.5. The van der Waals surface area contributed by atoms with E-state index in [1.165, 1.54) is 11.8 Å². The maximum atomic E-state index is 12.4. The Morgan fingerprint density at radius 1 is 1.14 bits per heavy atom. The fourth-order valence-corrected chi connectivity index (χ4v) is 3.59. The number of nitrogens with zero attached hydrogens (tertiary/aromatic N) is 4. The van der Waals surface area contributed by atoms with Gasteiger partial charge in [0.2, 0.25) is 5.91 Å². The number of anilines is 1. The van der Waals surface area contributed by atoms with E-state index in [1.54, 1.807) is 38.7 Å². The van der Waals surface area contributed by atoms with Crippen LogP contribution < -0.4 is 14.8 Å². The lowest BCUT2D eigenvalue weighted by molar-refractivity contribution is -0.113. The summed E-state index contributed by atoms with van der Waals surface area (Å²) in [5, 5.41) is 11.6. The van der Waals surface area contributed by atoms with Gasteiger partial charge in [0.25, 0.3) is 0 Å². The average molecular weight is 395 g/mol. The van der Waals surface area contributed by atoms with E-state index in [2.05, 4.69) is 20.5 Å². The van der Waals surface area contributed by atoms with Crippen LogP contribution in [0, 0.1) is 0 Å². The fraction of sp³-hybridized carbons (Fsp3) is 0.158. The first kappa shape index (κ1) is 18.1. The van der Waals surface area contributed by atoms with Crippen LogP contribution in [0.3, 0.4) is 0 Å². The minimum atomic E-state index is -0.162. The third-order valence-corrected chi connectivity index (χ3v) is 5.06. The third kappa shape index (κ3) is 3.44. The predicted octanol–water partition coefficient (Wildman–Crippen LogP) is 3.03. The minimum absolute atomic E-state index is 0.162. The highest BCUT2D eigenvalue weighted by molar-refractivity contribution is 8.00. The van der Waals surface area contributed by atoms with E-state index < -0.39 is 0 Å². The fourth-order valence-electron chi connectivity index (χ4n) is 2.82. The van der Waals surface area contributed by atoms with Crippen LogP contribution in [-0.4, -0.2) is 45.5 Å². The van der Waals surface area contributed by atoms with Gasteiger partial charge in [-0.1, -0.05) is 23.9 Å². The van der Waals surface area contributed by atoms with Crippen LogP contribution in [0.1, 0.15) is 0 Å². The quantitative estimate of drug-likeness (QED) is 0.502. The molecule has 2 aromatic carbocycles. The summed E-state index contributed by atoms with van der Waals surface area (Å²) in [5.74, 6) is 1.17. The number of hydrogen-bond acceptors (Lipinski definition) is 7. The van der Waals surface area contributed by atoms with Crippen LogP contribution in [0.5, 0.6) is 11.5 Å². The molecule has 0 spiro atoms. The molecule has 4 rings (SSSR count). The molecule has 0 radical (unpaired) electrons. The Bertz CT molecular complexity index is 1160. The van der Waals surface area contributed by atoms with E-state index in [0.717, 1.165) is 11.0 Å². The average Bonchev–Trinajstić information content (AvgIpc) is 3.22. The predicted molar refractivity (Wildman–Crippen MR) is 107 cm³/mol. The van der Waals surface area contributed by atoms with Crippen LogP contribution in [0.25, 0.3) is 16.7 Å². The third-order valence-electron chi connectivity index (χ3n) is 4.11. The van der Waals surface area contributed by atoms with Crippen molar-refractivity contribution in [1.29, 1.82) is 0 Å². The number of thioether (sulfide) groups is 1. The highest BCUT2D eigenvalue weighted by Crippen LogP contribution is 2.30. The SMILES string of the molecule is COc1ccc(NC(=O)CSc2nc3ccccc3n3cnnc23)cc1OC. The first-order valence-corrected chi connectivity index (χ1v) is 9.41. The standard InChI is InChI=1S/C19H17N5O3S/c1-26-15-8-7-12(9-16(15)27-2)21-17(25)10-28-19-18-23-20-11-24(18)14-6-4-3-5-13(14)22-19/h3-9,11H,10H2,1-2H3,(H,21,25). The molecule has 9 heteroatoms. The molecule has 2 aromatic heterocycles. The molecule has 0 aliphatic heterocycles. The number of carbonyl (C=O) groups excluding carboxylic acids is 1. The molecule has 1 amide bonds. The Morgan fingerprint density at radius 2 is 1.96 bits per heavy atom. The molecule has 0 saturated heterocycles. The summed E-state index contributed by atoms with van der Waals surface area (Å²) in [7, 11) is 3.11. The van der Waals surface area contributed by atoms with E-state index in [9.17, 15) is 4.79 Å². The Labute approximate surface area is 164 Å². The lowest BCUT2D eigenvalue weighted by Gasteiger charge is -2.10. The Kier molecular flexibility index (Phi) is 4.98. The number of hydrogen-bond donors (Lipinski definition) is 1. The molecule has 0 unspecified atom stereocenters. The van der Waals surface area contributed by atoms with E-state index >= 15 is 0 Å². The molecule has 142 valence electrons. The number of rotatable bonds is 6. The van der Waals surface area contributed by atoms with Crippen molar-refractivity contribution in [1.82, 2.24) is 19.6 Å². The van der Waals surface area contributed by atoms with E-state index in [4.69, 9.17) is 9.47 Å². The number of ether oxygens (including phenoxy) is 2. The number of benzene rings is 2. The zero-order valence-corrected chi connectivity index (χ0v) is 16.1. The van der Waals surface area contributed by atoms with Crippen LogP contribution in [0.15, 0.2) is 53.8 Å². The van der Waals surface area contributed by atoms with Gasteiger partial charge in [0.15, 0.2) is 17.1 Å². The van der Waals surface area contributed by atoms with Crippen LogP contribution in [0.2, 0.25) is 0 Å². The van der Waals surface area contributed by atoms with Crippen molar-refractivity contribution >= 4 is 40.0 Å². The Hall–Kier alpha value is -3.33. The van der Waals surface area contributed by atoms with Crippen molar-refractivity contribution in [3.05, 3.63) is 48.8 Å². The second kappa shape index (κ2) is 7.73. The minimum Gasteiger partial charge on any atom is -0.493 e. The summed E-state index contributed by atoms with van der Waals surface area (Å²) in [6.07, 6.45) is 1.65. The van der Waals surface area contributed by atoms with Gasteiger partial charge in [0.05, 0.1) is 31.0 Å². The number of carbonyl (C=O) groups is 1. The highest BCUT2D eigenvalue weighted by atomic mass is 32.2. The molecular formula is C19H17N5O3S. The van der Waals surface area contributed by atoms with E-state index in [1.807, 2.05) is 28.7 Å². The van der Waals surface area contributed by atoms with Crippen molar-refractivity contribution in [3.63, 3.8) is 0 Å². The summed E-state index contributed by atoms with van der Waals surface area (Å²) in [4.78, 5) is 17.0. The van der Waals surface area contributed by atoms with Gasteiger partial charge in [-0.15, -0.1) is 10.2 Å². The van der Waals surface area contributed by atoms with E-state index in [0.29, 0.717) is 27.9 Å². The molecular weight excluding hydrogens is 378 g/mol. The highest BCUT2D eigenvalue weighted by Gasteiger charge is 2.13. The molecule has 0 aliphatic carbocycles. The van der Waals surface area contributed by atoms with Gasteiger partial charge in [-0.2, -0.15) is 0 Å². The monoisotopic (exact) mass is 395 g/mol. The summed E-state index contributed by atoms with van der Waals surface area (Å²) in [5.41, 5.74) is 2.99. The first-order chi connectivity index (χ1) is 13.7. The molecule has 0 fully saturated rings. The molecule has 28 heavy (non-hydrogen) atoms. The van der Waals surface area contributed by atoms with Gasteiger partial charge in [-0.3, -0.25) is 9.20 Å². The second-order valence-electron chi connectivity index (χ2n) is 5.84. The topological polar surface area (TPSA) is 90.6 Å². The van der Waals surface area contributed by atoms with Crippen molar-refractivity contribution in [2.24, 2.45) is 0 Å². The van der Waals surface area contributed by atoms with Crippen molar-refractivity contribution in [2.45, 2.75) is 5.03 Å². The van der Waals surface area contributed by atoms with Crippen molar-refractivity contribution in [2.75, 3.05) is 25.3 Å². The van der Waals surface area contributed by atoms with Crippen LogP contribution in [0.4, 0.5) is 5.69 Å². The van der Waals surface area contributed by atoms with Crippen molar-refractivity contribution < 1.29 is 14.3 Å². The Balaban J connectivity index is 1.51. The van der Waals surface area contributed by atoms with Gasteiger partial charge >= 0.3 is 0 Å². The smallest absolute Gasteiger partial charge is 0.234 e. The van der Waals surface area contributed by atoms with Gasteiger partial charge in [-0.25, -0.2) is 4.98 Å². The van der Waals surface area contributed by atoms with Crippen LogP contribution >= 0.6 is 11.8 Å². The number of para-hydroxylation sites is 2. The number of fused-ring (bicyclic) bond motifs is 3. The zero-order valence-electron chi connectivity index (χ0n) is 15.2. The summed E-state index contributed by atoms with van der Waals surface area (Å²) in [6, 6.07) is 12.9. The molecule has 8 nitrogen and oxygen atoms in total. The van der Waals surface area contributed by atoms with Crippen molar-refractivity contribution in [3.8, 4) is 11.5 Å². The lowest BCUT2D eigenvalue weighted by Crippen LogP contribution is -2.14. The molecule has 0 atom stereocenters. The number of nitrogens with one attached hydrogen (secondary N) is 1. The molecule has 0 bridgehead atoms. The molecule has 1 N–H and O–H groups in total. The molecule has 2 heterocycles. The van der Waals surface area contributed by atoms with Gasteiger partial charge in [-0.05, 0) is 24.3 Å². The van der Waals surface area contributed by atoms with Gasteiger partial charge < -0.3 is 14.8 Å². The van der Waals surface area contributed by atoms with Gasteiger partial charge in [0.1, 0.15) is 11.4 Å². The van der Waals surface area contributed by atoms with Crippen LogP contribution in [-0.2, 0) is 4.79 Å². The summed E-state index contributed by atoms with van der Waals surface area (Å²) >= 11 is 1.31. The normalized spacial score (nSPS) is 10.9. The number of aromatic nitrogens is 4. The second-order valence-corrected chi connectivity index (χ2v) is 6.80. The number of amides is 1. The molecule has 0 aliphatic rings. The van der Waals surface area contributed by atoms with E-state index in [-0.39, 0.29) is 11.7 Å². The first-order valence-electron chi connectivity index (χ1n) is 8.43.